The van der Waals surface area contributed by atoms with E-state index >= 15 is 0 Å². The maximum absolute atomic E-state index is 12.4. The highest BCUT2D eigenvalue weighted by Crippen LogP contribution is 2.41. The van der Waals surface area contributed by atoms with Gasteiger partial charge >= 0.3 is 0 Å². The van der Waals surface area contributed by atoms with Crippen LogP contribution in [0.15, 0.2) is 41.6 Å². The number of thioether (sulfide) groups is 1. The third-order valence-electron chi connectivity index (χ3n) is 4.83. The lowest BCUT2D eigenvalue weighted by molar-refractivity contribution is -0.113. The van der Waals surface area contributed by atoms with Crippen molar-refractivity contribution in [3.05, 3.63) is 42.0 Å². The first-order chi connectivity index (χ1) is 16.0. The number of nitrogens with zero attached hydrogens (tertiary/aromatic N) is 3. The van der Waals surface area contributed by atoms with E-state index in [0.29, 0.717) is 41.4 Å². The van der Waals surface area contributed by atoms with Crippen molar-refractivity contribution < 1.29 is 23.7 Å². The Morgan fingerprint density at radius 2 is 1.67 bits per heavy atom. The fraction of sp³-hybridized carbons (Fsp3) is 0.348. The van der Waals surface area contributed by atoms with Gasteiger partial charge in [-0.15, -0.1) is 10.2 Å². The Bertz CT molecular complexity index is 1060. The van der Waals surface area contributed by atoms with Gasteiger partial charge in [-0.1, -0.05) is 29.5 Å². The lowest BCUT2D eigenvalue weighted by Gasteiger charge is -2.15. The van der Waals surface area contributed by atoms with Gasteiger partial charge in [0.25, 0.3) is 0 Å². The summed E-state index contributed by atoms with van der Waals surface area (Å²) in [5, 5.41) is 12.2. The Labute approximate surface area is 197 Å². The van der Waals surface area contributed by atoms with E-state index in [0.717, 1.165) is 16.8 Å². The third-order valence-corrected chi connectivity index (χ3v) is 5.79. The summed E-state index contributed by atoms with van der Waals surface area (Å²) in [6.45, 7) is 2.97. The molecule has 0 radical (unpaired) electrons. The first-order valence-electron chi connectivity index (χ1n) is 10.2. The number of carbonyl (C=O) groups excluding carboxylic acids is 1. The summed E-state index contributed by atoms with van der Waals surface area (Å²) in [7, 11) is 6.30. The minimum Gasteiger partial charge on any atom is -0.493 e. The molecule has 0 fully saturated rings. The SMILES string of the molecule is COCCn1c(SCC(=O)Nc2ccc(C)cc2)nnc1-c1cc(OC)c(OC)c(OC)c1. The molecule has 0 aliphatic carbocycles. The van der Waals surface area contributed by atoms with Crippen molar-refractivity contribution in [3.63, 3.8) is 0 Å². The molecule has 0 bridgehead atoms. The first-order valence-corrected chi connectivity index (χ1v) is 11.2. The Morgan fingerprint density at radius 1 is 1.00 bits per heavy atom. The number of aromatic nitrogens is 3. The molecule has 0 aliphatic heterocycles. The maximum atomic E-state index is 12.4. The molecule has 1 heterocycles. The number of ether oxygens (including phenoxy) is 4. The second-order valence-corrected chi connectivity index (χ2v) is 8.01. The van der Waals surface area contributed by atoms with E-state index in [1.54, 1.807) is 28.4 Å². The van der Waals surface area contributed by atoms with Crippen LogP contribution in [0.4, 0.5) is 5.69 Å². The highest BCUT2D eigenvalue weighted by Gasteiger charge is 2.20. The molecule has 33 heavy (non-hydrogen) atoms. The Morgan fingerprint density at radius 3 is 2.24 bits per heavy atom. The van der Waals surface area contributed by atoms with E-state index in [2.05, 4.69) is 15.5 Å². The molecule has 1 amide bonds. The van der Waals surface area contributed by atoms with E-state index < -0.39 is 0 Å². The molecule has 0 atom stereocenters. The van der Waals surface area contributed by atoms with Gasteiger partial charge in [0.15, 0.2) is 22.5 Å². The molecule has 0 aliphatic rings. The van der Waals surface area contributed by atoms with E-state index in [1.165, 1.54) is 11.8 Å². The Kier molecular flexibility index (Phi) is 8.56. The number of rotatable bonds is 11. The van der Waals surface area contributed by atoms with Gasteiger partial charge in [-0.2, -0.15) is 0 Å². The number of benzene rings is 2. The minimum absolute atomic E-state index is 0.125. The van der Waals surface area contributed by atoms with Gasteiger partial charge in [0.1, 0.15) is 0 Å². The van der Waals surface area contributed by atoms with Gasteiger partial charge in [-0.3, -0.25) is 9.36 Å². The van der Waals surface area contributed by atoms with Crippen LogP contribution in [0.2, 0.25) is 0 Å². The molecule has 3 aromatic rings. The molecular formula is C23H28N4O5S. The number of hydrogen-bond donors (Lipinski definition) is 1. The van der Waals surface area contributed by atoms with Crippen molar-refractivity contribution in [1.29, 1.82) is 0 Å². The van der Waals surface area contributed by atoms with Crippen molar-refractivity contribution in [2.24, 2.45) is 0 Å². The van der Waals surface area contributed by atoms with Crippen LogP contribution in [-0.2, 0) is 16.1 Å². The topological polar surface area (TPSA) is 96.7 Å². The number of aryl methyl sites for hydroxylation is 1. The summed E-state index contributed by atoms with van der Waals surface area (Å²) in [5.41, 5.74) is 2.63. The van der Waals surface area contributed by atoms with Gasteiger partial charge in [-0.25, -0.2) is 0 Å². The van der Waals surface area contributed by atoms with Crippen molar-refractivity contribution in [3.8, 4) is 28.6 Å². The van der Waals surface area contributed by atoms with E-state index in [4.69, 9.17) is 18.9 Å². The number of hydrogen-bond acceptors (Lipinski definition) is 8. The van der Waals surface area contributed by atoms with Gasteiger partial charge in [-0.05, 0) is 31.2 Å². The van der Waals surface area contributed by atoms with Crippen molar-refractivity contribution in [1.82, 2.24) is 14.8 Å². The van der Waals surface area contributed by atoms with Gasteiger partial charge in [0.05, 0.1) is 40.2 Å². The standard InChI is InChI=1S/C23H28N4O5S/c1-15-6-8-17(9-7-15)24-20(28)14-33-23-26-25-22(27(23)10-11-29-2)16-12-18(30-3)21(32-5)19(13-16)31-4/h6-9,12-13H,10-11,14H2,1-5H3,(H,24,28). The lowest BCUT2D eigenvalue weighted by atomic mass is 10.1. The average Bonchev–Trinajstić information content (AvgIpc) is 3.24. The van der Waals surface area contributed by atoms with Crippen LogP contribution in [0, 0.1) is 6.92 Å². The summed E-state index contributed by atoms with van der Waals surface area (Å²) in [5.74, 6) is 2.19. The molecule has 10 heteroatoms. The van der Waals surface area contributed by atoms with Crippen molar-refractivity contribution in [2.45, 2.75) is 18.6 Å². The van der Waals surface area contributed by atoms with Gasteiger partial charge < -0.3 is 24.3 Å². The largest absolute Gasteiger partial charge is 0.493 e. The van der Waals surface area contributed by atoms with Crippen LogP contribution >= 0.6 is 11.8 Å². The van der Waals surface area contributed by atoms with Crippen LogP contribution in [0.1, 0.15) is 5.56 Å². The van der Waals surface area contributed by atoms with Crippen molar-refractivity contribution >= 4 is 23.4 Å². The Balaban J connectivity index is 1.84. The van der Waals surface area contributed by atoms with Crippen LogP contribution in [0.25, 0.3) is 11.4 Å². The number of nitrogens with one attached hydrogen (secondary N) is 1. The molecular weight excluding hydrogens is 444 g/mol. The fourth-order valence-electron chi connectivity index (χ4n) is 3.17. The monoisotopic (exact) mass is 472 g/mol. The molecule has 0 spiro atoms. The predicted octanol–water partition coefficient (Wildman–Crippen LogP) is 3.66. The van der Waals surface area contributed by atoms with Gasteiger partial charge in [0.2, 0.25) is 11.7 Å². The average molecular weight is 473 g/mol. The van der Waals surface area contributed by atoms with Crippen LogP contribution < -0.4 is 19.5 Å². The minimum atomic E-state index is -0.125. The summed E-state index contributed by atoms with van der Waals surface area (Å²) in [6, 6.07) is 11.3. The molecule has 0 saturated carbocycles. The molecule has 3 rings (SSSR count). The third kappa shape index (κ3) is 5.96. The zero-order valence-electron chi connectivity index (χ0n) is 19.4. The normalized spacial score (nSPS) is 10.7. The van der Waals surface area contributed by atoms with E-state index in [9.17, 15) is 4.79 Å². The summed E-state index contributed by atoms with van der Waals surface area (Å²) in [6.07, 6.45) is 0. The van der Waals surface area contributed by atoms with Crippen LogP contribution in [-0.4, -0.2) is 61.5 Å². The fourth-order valence-corrected chi connectivity index (χ4v) is 3.93. The highest BCUT2D eigenvalue weighted by atomic mass is 32.2. The zero-order valence-corrected chi connectivity index (χ0v) is 20.2. The first kappa shape index (κ1) is 24.4. The molecule has 1 aromatic heterocycles. The van der Waals surface area contributed by atoms with Crippen molar-refractivity contribution in [2.75, 3.05) is 46.1 Å². The Hall–Kier alpha value is -3.24. The molecule has 0 unspecified atom stereocenters. The second-order valence-electron chi connectivity index (χ2n) is 7.07. The highest BCUT2D eigenvalue weighted by molar-refractivity contribution is 7.99. The molecule has 2 aromatic carbocycles. The number of amides is 1. The number of anilines is 1. The molecule has 9 nitrogen and oxygen atoms in total. The summed E-state index contributed by atoms with van der Waals surface area (Å²) >= 11 is 1.31. The number of methoxy groups -OCH3 is 4. The summed E-state index contributed by atoms with van der Waals surface area (Å²) in [4.78, 5) is 12.4. The van der Waals surface area contributed by atoms with Gasteiger partial charge in [0, 0.05) is 18.4 Å². The molecule has 1 N–H and O–H groups in total. The number of carbonyl (C=O) groups is 1. The maximum Gasteiger partial charge on any atom is 0.234 e. The smallest absolute Gasteiger partial charge is 0.234 e. The summed E-state index contributed by atoms with van der Waals surface area (Å²) < 4.78 is 23.5. The van der Waals surface area contributed by atoms with Crippen LogP contribution in [0.3, 0.4) is 0 Å². The van der Waals surface area contributed by atoms with E-state index in [-0.39, 0.29) is 11.7 Å². The predicted molar refractivity (Wildman–Crippen MR) is 128 cm³/mol. The molecule has 176 valence electrons. The molecule has 0 saturated heterocycles. The lowest BCUT2D eigenvalue weighted by Crippen LogP contribution is -2.15. The zero-order chi connectivity index (χ0) is 23.8. The van der Waals surface area contributed by atoms with Crippen LogP contribution in [0.5, 0.6) is 17.2 Å². The second kappa shape index (κ2) is 11.6. The quantitative estimate of drug-likeness (QED) is 0.423. The van der Waals surface area contributed by atoms with E-state index in [1.807, 2.05) is 47.9 Å².